The summed E-state index contributed by atoms with van der Waals surface area (Å²) in [5.41, 5.74) is 4.73. The molecule has 0 saturated heterocycles. The van der Waals surface area contributed by atoms with Crippen molar-refractivity contribution in [1.82, 2.24) is 20.4 Å². The first-order valence-electron chi connectivity index (χ1n) is 10.1. The number of ether oxygens (including phenoxy) is 2. The molecule has 0 bridgehead atoms. The number of halogens is 1. The summed E-state index contributed by atoms with van der Waals surface area (Å²) in [6.07, 6.45) is 1.78. The summed E-state index contributed by atoms with van der Waals surface area (Å²) in [6.45, 7) is 8.36. The van der Waals surface area contributed by atoms with Crippen molar-refractivity contribution in [1.29, 1.82) is 0 Å². The molecule has 1 atom stereocenters. The largest absolute Gasteiger partial charge is 0.493 e. The van der Waals surface area contributed by atoms with E-state index in [-0.39, 0.29) is 30.0 Å². The maximum atomic E-state index is 5.78. The van der Waals surface area contributed by atoms with E-state index in [0.29, 0.717) is 19.8 Å². The van der Waals surface area contributed by atoms with Crippen molar-refractivity contribution in [2.75, 3.05) is 27.4 Å². The topological polar surface area (TPSA) is 72.7 Å². The summed E-state index contributed by atoms with van der Waals surface area (Å²) >= 11 is 0. The Bertz CT molecular complexity index is 807. The predicted molar refractivity (Wildman–Crippen MR) is 133 cm³/mol. The Morgan fingerprint density at radius 2 is 2.03 bits per heavy atom. The number of hydrogen-bond acceptors (Lipinski definition) is 4. The number of aromatic nitrogens is 2. The molecular formula is C22H36IN5O2. The Hall–Kier alpha value is -1.81. The normalized spacial score (nSPS) is 12.3. The second kappa shape index (κ2) is 13.5. The molecule has 30 heavy (non-hydrogen) atoms. The number of benzene rings is 1. The van der Waals surface area contributed by atoms with Gasteiger partial charge < -0.3 is 20.1 Å². The third-order valence-electron chi connectivity index (χ3n) is 4.90. The molecule has 2 N–H and O–H groups in total. The average Bonchev–Trinajstić information content (AvgIpc) is 2.94. The van der Waals surface area contributed by atoms with E-state index in [4.69, 9.17) is 9.47 Å². The summed E-state index contributed by atoms with van der Waals surface area (Å²) in [6, 6.07) is 8.35. The van der Waals surface area contributed by atoms with Crippen molar-refractivity contribution in [3.05, 3.63) is 46.8 Å². The fourth-order valence-corrected chi connectivity index (χ4v) is 3.22. The molecule has 1 aromatic heterocycles. The lowest BCUT2D eigenvalue weighted by Crippen LogP contribution is -2.42. The summed E-state index contributed by atoms with van der Waals surface area (Å²) < 4.78 is 12.8. The molecule has 2 rings (SSSR count). The number of rotatable bonds is 10. The van der Waals surface area contributed by atoms with Crippen LogP contribution in [0.3, 0.4) is 0 Å². The second-order valence-electron chi connectivity index (χ2n) is 7.29. The second-order valence-corrected chi connectivity index (χ2v) is 7.29. The third kappa shape index (κ3) is 8.14. The minimum Gasteiger partial charge on any atom is -0.493 e. The Morgan fingerprint density at radius 3 is 2.67 bits per heavy atom. The molecule has 0 aliphatic heterocycles. The van der Waals surface area contributed by atoms with E-state index in [0.717, 1.165) is 35.8 Å². The number of nitrogens with one attached hydrogen (secondary N) is 2. The summed E-state index contributed by atoms with van der Waals surface area (Å²) in [7, 11) is 5.48. The molecule has 0 aliphatic carbocycles. The van der Waals surface area contributed by atoms with Crippen LogP contribution in [0, 0.1) is 13.8 Å². The van der Waals surface area contributed by atoms with Crippen LogP contribution < -0.4 is 15.4 Å². The van der Waals surface area contributed by atoms with Gasteiger partial charge >= 0.3 is 0 Å². The highest BCUT2D eigenvalue weighted by Crippen LogP contribution is 2.15. The number of aryl methyl sites for hydroxylation is 2. The molecular weight excluding hydrogens is 493 g/mol. The standard InChI is InChI=1S/C22H35N5O2.HI/c1-16(13-21-17(2)26-27(5)18(21)3)25-22(23-4)24-15-19-9-7-10-20(14-19)29-12-8-11-28-6;/h7,9-10,14,16H,8,11-13,15H2,1-6H3,(H2,23,24,25);1H. The summed E-state index contributed by atoms with van der Waals surface area (Å²) in [5, 5.41) is 11.4. The molecule has 0 aliphatic rings. The minimum atomic E-state index is 0. The van der Waals surface area contributed by atoms with Crippen LogP contribution in [-0.4, -0.2) is 49.2 Å². The van der Waals surface area contributed by atoms with Gasteiger partial charge in [-0.05, 0) is 50.5 Å². The Balaban J connectivity index is 0.00000450. The van der Waals surface area contributed by atoms with Crippen LogP contribution in [0.1, 0.15) is 35.9 Å². The molecule has 0 saturated carbocycles. The number of aliphatic imine (C=N–C) groups is 1. The van der Waals surface area contributed by atoms with E-state index in [1.807, 2.05) is 23.9 Å². The zero-order valence-corrected chi connectivity index (χ0v) is 21.3. The smallest absolute Gasteiger partial charge is 0.191 e. The molecule has 2 aromatic rings. The van der Waals surface area contributed by atoms with Crippen LogP contribution in [-0.2, 0) is 24.8 Å². The van der Waals surface area contributed by atoms with Crippen molar-refractivity contribution in [2.45, 2.75) is 46.2 Å². The molecule has 8 heteroatoms. The van der Waals surface area contributed by atoms with Gasteiger partial charge in [-0.25, -0.2) is 0 Å². The van der Waals surface area contributed by atoms with E-state index in [1.165, 1.54) is 11.3 Å². The van der Waals surface area contributed by atoms with Crippen molar-refractivity contribution in [3.63, 3.8) is 0 Å². The van der Waals surface area contributed by atoms with Gasteiger partial charge in [0, 0.05) is 52.5 Å². The zero-order chi connectivity index (χ0) is 21.2. The van der Waals surface area contributed by atoms with Gasteiger partial charge in [0.15, 0.2) is 5.96 Å². The summed E-state index contributed by atoms with van der Waals surface area (Å²) in [5.74, 6) is 1.65. The quantitative estimate of drug-likeness (QED) is 0.214. The highest BCUT2D eigenvalue weighted by Gasteiger charge is 2.14. The Morgan fingerprint density at radius 1 is 1.27 bits per heavy atom. The van der Waals surface area contributed by atoms with Crippen molar-refractivity contribution < 1.29 is 9.47 Å². The average molecular weight is 529 g/mol. The summed E-state index contributed by atoms with van der Waals surface area (Å²) in [4.78, 5) is 4.36. The van der Waals surface area contributed by atoms with Gasteiger partial charge in [0.05, 0.1) is 12.3 Å². The van der Waals surface area contributed by atoms with Crippen molar-refractivity contribution in [2.24, 2.45) is 12.0 Å². The SMILES string of the molecule is CN=C(NCc1cccc(OCCCOC)c1)NC(C)Cc1c(C)nn(C)c1C.I. The molecule has 168 valence electrons. The highest BCUT2D eigenvalue weighted by atomic mass is 127. The van der Waals surface area contributed by atoms with Crippen LogP contribution in [0.15, 0.2) is 29.3 Å². The zero-order valence-electron chi connectivity index (χ0n) is 19.0. The van der Waals surface area contributed by atoms with Crippen LogP contribution in [0.5, 0.6) is 5.75 Å². The minimum absolute atomic E-state index is 0. The van der Waals surface area contributed by atoms with Gasteiger partial charge in [0.25, 0.3) is 0 Å². The van der Waals surface area contributed by atoms with E-state index >= 15 is 0 Å². The first-order chi connectivity index (χ1) is 13.9. The first kappa shape index (κ1) is 26.2. The highest BCUT2D eigenvalue weighted by molar-refractivity contribution is 14.0. The number of methoxy groups -OCH3 is 1. The van der Waals surface area contributed by atoms with Gasteiger partial charge in [-0.1, -0.05) is 12.1 Å². The fourth-order valence-electron chi connectivity index (χ4n) is 3.22. The molecule has 0 fully saturated rings. The van der Waals surface area contributed by atoms with Crippen LogP contribution in [0.25, 0.3) is 0 Å². The Labute approximate surface area is 197 Å². The van der Waals surface area contributed by atoms with E-state index in [9.17, 15) is 0 Å². The van der Waals surface area contributed by atoms with E-state index in [2.05, 4.69) is 53.6 Å². The molecule has 1 aromatic carbocycles. The molecule has 0 spiro atoms. The van der Waals surface area contributed by atoms with Gasteiger partial charge in [0.2, 0.25) is 0 Å². The van der Waals surface area contributed by atoms with Gasteiger partial charge in [-0.2, -0.15) is 5.10 Å². The molecule has 0 radical (unpaired) electrons. The monoisotopic (exact) mass is 529 g/mol. The number of nitrogens with zero attached hydrogens (tertiary/aromatic N) is 3. The lowest BCUT2D eigenvalue weighted by atomic mass is 10.1. The van der Waals surface area contributed by atoms with Gasteiger partial charge in [-0.15, -0.1) is 24.0 Å². The molecule has 1 unspecified atom stereocenters. The van der Waals surface area contributed by atoms with Gasteiger partial charge in [0.1, 0.15) is 5.75 Å². The maximum absolute atomic E-state index is 5.78. The predicted octanol–water partition coefficient (Wildman–Crippen LogP) is 3.37. The van der Waals surface area contributed by atoms with E-state index in [1.54, 1.807) is 14.2 Å². The number of guanidine groups is 1. The lowest BCUT2D eigenvalue weighted by molar-refractivity contribution is 0.172. The molecule has 0 amide bonds. The first-order valence-corrected chi connectivity index (χ1v) is 10.1. The van der Waals surface area contributed by atoms with Crippen LogP contribution >= 0.6 is 24.0 Å². The van der Waals surface area contributed by atoms with Crippen LogP contribution in [0.4, 0.5) is 0 Å². The Kier molecular flexibility index (Phi) is 11.8. The van der Waals surface area contributed by atoms with Gasteiger partial charge in [-0.3, -0.25) is 9.67 Å². The van der Waals surface area contributed by atoms with Crippen molar-refractivity contribution >= 4 is 29.9 Å². The fraction of sp³-hybridized carbons (Fsp3) is 0.545. The molecule has 7 nitrogen and oxygen atoms in total. The molecule has 1 heterocycles. The van der Waals surface area contributed by atoms with Crippen molar-refractivity contribution in [3.8, 4) is 5.75 Å². The third-order valence-corrected chi connectivity index (χ3v) is 4.90. The number of hydrogen-bond donors (Lipinski definition) is 2. The lowest BCUT2D eigenvalue weighted by Gasteiger charge is -2.18. The maximum Gasteiger partial charge on any atom is 0.191 e. The van der Waals surface area contributed by atoms with Crippen LogP contribution in [0.2, 0.25) is 0 Å². The van der Waals surface area contributed by atoms with E-state index < -0.39 is 0 Å².